The highest BCUT2D eigenvalue weighted by Gasteiger charge is 2.53. The SMILES string of the molecule is CCOC(=O)C(NC(=O)OC1(c2ccc(OC)cc2)OC(=O)C(c2ccc3c(c2)OCO3)=C1Cc1cc(OC)c(OC)c(OC)c1)C(C)C. The summed E-state index contributed by atoms with van der Waals surface area (Å²) in [6, 6.07) is 14.0. The molecule has 5 rings (SSSR count). The molecule has 2 atom stereocenters. The number of carbonyl (C=O) groups is 3. The summed E-state index contributed by atoms with van der Waals surface area (Å²) in [5, 5.41) is 2.62. The van der Waals surface area contributed by atoms with Crippen molar-refractivity contribution >= 4 is 23.6 Å². The molecule has 13 heteroatoms. The molecule has 3 aromatic rings. The van der Waals surface area contributed by atoms with Crippen LogP contribution in [0.2, 0.25) is 0 Å². The molecule has 2 aliphatic heterocycles. The van der Waals surface area contributed by atoms with Crippen molar-refractivity contribution in [3.8, 4) is 34.5 Å². The molecular formula is C36H39NO12. The van der Waals surface area contributed by atoms with Crippen LogP contribution in [0.5, 0.6) is 34.5 Å². The van der Waals surface area contributed by atoms with Crippen LogP contribution >= 0.6 is 0 Å². The highest BCUT2D eigenvalue weighted by Crippen LogP contribution is 2.50. The van der Waals surface area contributed by atoms with Crippen molar-refractivity contribution < 1.29 is 57.0 Å². The maximum absolute atomic E-state index is 14.1. The van der Waals surface area contributed by atoms with E-state index < -0.39 is 29.9 Å². The summed E-state index contributed by atoms with van der Waals surface area (Å²) in [7, 11) is 5.99. The molecule has 0 fully saturated rings. The summed E-state index contributed by atoms with van der Waals surface area (Å²) < 4.78 is 50.7. The second kappa shape index (κ2) is 14.7. The summed E-state index contributed by atoms with van der Waals surface area (Å²) in [6.07, 6.45) is -1.03. The van der Waals surface area contributed by atoms with Crippen molar-refractivity contribution in [2.24, 2.45) is 5.92 Å². The van der Waals surface area contributed by atoms with E-state index in [0.29, 0.717) is 51.2 Å². The Morgan fingerprint density at radius 3 is 2.14 bits per heavy atom. The largest absolute Gasteiger partial charge is 0.497 e. The Morgan fingerprint density at radius 1 is 0.878 bits per heavy atom. The zero-order valence-electron chi connectivity index (χ0n) is 28.4. The second-order valence-electron chi connectivity index (χ2n) is 11.4. The number of hydrogen-bond acceptors (Lipinski definition) is 12. The summed E-state index contributed by atoms with van der Waals surface area (Å²) in [5.74, 6) is -1.30. The highest BCUT2D eigenvalue weighted by atomic mass is 16.7. The molecule has 1 amide bonds. The predicted octanol–water partition coefficient (Wildman–Crippen LogP) is 5.17. The lowest BCUT2D eigenvalue weighted by molar-refractivity contribution is -0.186. The first-order valence-corrected chi connectivity index (χ1v) is 15.6. The number of benzene rings is 3. The summed E-state index contributed by atoms with van der Waals surface area (Å²) >= 11 is 0. The number of alkyl carbamates (subject to hydrolysis) is 1. The van der Waals surface area contributed by atoms with Gasteiger partial charge in [0.15, 0.2) is 23.0 Å². The van der Waals surface area contributed by atoms with E-state index in [2.05, 4.69) is 5.32 Å². The molecule has 1 N–H and O–H groups in total. The Kier molecular flexibility index (Phi) is 10.4. The number of rotatable bonds is 13. The number of amides is 1. The first-order chi connectivity index (χ1) is 23.6. The first kappa shape index (κ1) is 34.7. The van der Waals surface area contributed by atoms with Crippen LogP contribution in [0.25, 0.3) is 5.57 Å². The zero-order chi connectivity index (χ0) is 35.3. The van der Waals surface area contributed by atoms with E-state index in [9.17, 15) is 14.4 Å². The second-order valence-corrected chi connectivity index (χ2v) is 11.4. The third-order valence-electron chi connectivity index (χ3n) is 8.09. The minimum absolute atomic E-state index is 0.00295. The van der Waals surface area contributed by atoms with Crippen LogP contribution in [-0.2, 0) is 36.0 Å². The van der Waals surface area contributed by atoms with Gasteiger partial charge in [-0.25, -0.2) is 14.4 Å². The van der Waals surface area contributed by atoms with Gasteiger partial charge < -0.3 is 47.9 Å². The molecule has 0 bridgehead atoms. The Balaban J connectivity index is 1.72. The third-order valence-corrected chi connectivity index (χ3v) is 8.09. The smallest absolute Gasteiger partial charge is 0.411 e. The van der Waals surface area contributed by atoms with E-state index in [1.807, 2.05) is 0 Å². The van der Waals surface area contributed by atoms with Crippen molar-refractivity contribution in [3.63, 3.8) is 0 Å². The maximum atomic E-state index is 14.1. The van der Waals surface area contributed by atoms with Gasteiger partial charge in [0.2, 0.25) is 12.5 Å². The molecule has 3 aromatic carbocycles. The molecule has 0 aliphatic carbocycles. The van der Waals surface area contributed by atoms with Crippen LogP contribution < -0.4 is 33.7 Å². The van der Waals surface area contributed by atoms with Crippen LogP contribution in [0.1, 0.15) is 37.5 Å². The molecule has 2 heterocycles. The maximum Gasteiger partial charge on any atom is 0.411 e. The molecular weight excluding hydrogens is 638 g/mol. The van der Waals surface area contributed by atoms with Crippen molar-refractivity contribution in [2.75, 3.05) is 41.8 Å². The van der Waals surface area contributed by atoms with Gasteiger partial charge in [-0.2, -0.15) is 0 Å². The van der Waals surface area contributed by atoms with E-state index in [1.54, 1.807) is 75.4 Å². The number of esters is 2. The van der Waals surface area contributed by atoms with Gasteiger partial charge in [0.1, 0.15) is 11.8 Å². The Bertz CT molecular complexity index is 1720. The van der Waals surface area contributed by atoms with Gasteiger partial charge in [-0.1, -0.05) is 19.9 Å². The molecule has 0 saturated heterocycles. The van der Waals surface area contributed by atoms with Crippen LogP contribution in [0.4, 0.5) is 4.79 Å². The van der Waals surface area contributed by atoms with Gasteiger partial charge in [-0.05, 0) is 72.5 Å². The van der Waals surface area contributed by atoms with Crippen molar-refractivity contribution in [2.45, 2.75) is 39.0 Å². The summed E-state index contributed by atoms with van der Waals surface area (Å²) in [5.41, 5.74) is 1.73. The molecule has 2 aliphatic rings. The lowest BCUT2D eigenvalue weighted by atomic mass is 9.87. The number of methoxy groups -OCH3 is 4. The van der Waals surface area contributed by atoms with Crippen LogP contribution in [0.3, 0.4) is 0 Å². The van der Waals surface area contributed by atoms with Gasteiger partial charge in [0.25, 0.3) is 0 Å². The standard InChI is InChI=1S/C36H39NO12/c1-8-45-34(39)31(20(2)3)37-35(40)49-36(23-10-12-24(41-4)13-11-23)25(15-21-16-28(42-5)32(44-7)29(17-21)43-6)30(33(38)48-36)22-9-14-26-27(18-22)47-19-46-26/h9-14,16-18,20,31H,8,15,19H2,1-7H3,(H,37,40). The average molecular weight is 678 g/mol. The third kappa shape index (κ3) is 6.87. The van der Waals surface area contributed by atoms with Crippen LogP contribution in [-0.4, -0.2) is 65.9 Å². The molecule has 2 unspecified atom stereocenters. The minimum Gasteiger partial charge on any atom is -0.497 e. The minimum atomic E-state index is -2.12. The Morgan fingerprint density at radius 2 is 1.55 bits per heavy atom. The molecule has 0 aromatic heterocycles. The summed E-state index contributed by atoms with van der Waals surface area (Å²) in [4.78, 5) is 40.7. The molecule has 49 heavy (non-hydrogen) atoms. The van der Waals surface area contributed by atoms with E-state index in [1.165, 1.54) is 28.4 Å². The Hall–Kier alpha value is -5.59. The van der Waals surface area contributed by atoms with E-state index in [0.717, 1.165) is 0 Å². The zero-order valence-corrected chi connectivity index (χ0v) is 28.4. The number of carbonyl (C=O) groups excluding carboxylic acids is 3. The fourth-order valence-electron chi connectivity index (χ4n) is 5.72. The number of ether oxygens (including phenoxy) is 9. The van der Waals surface area contributed by atoms with Gasteiger partial charge in [0, 0.05) is 17.6 Å². The van der Waals surface area contributed by atoms with Crippen molar-refractivity contribution in [1.29, 1.82) is 0 Å². The average Bonchev–Trinajstić information content (AvgIpc) is 3.68. The monoisotopic (exact) mass is 677 g/mol. The van der Waals surface area contributed by atoms with Gasteiger partial charge in [0.05, 0.1) is 40.6 Å². The van der Waals surface area contributed by atoms with Crippen LogP contribution in [0, 0.1) is 5.92 Å². The number of cyclic esters (lactones) is 1. The molecule has 0 radical (unpaired) electrons. The van der Waals surface area contributed by atoms with E-state index in [4.69, 9.17) is 42.6 Å². The molecule has 260 valence electrons. The topological polar surface area (TPSA) is 146 Å². The lowest BCUT2D eigenvalue weighted by Crippen LogP contribution is -2.48. The van der Waals surface area contributed by atoms with E-state index >= 15 is 0 Å². The fourth-order valence-corrected chi connectivity index (χ4v) is 5.72. The summed E-state index contributed by atoms with van der Waals surface area (Å²) in [6.45, 7) is 5.32. The fraction of sp³-hybridized carbons (Fsp3) is 0.361. The predicted molar refractivity (Wildman–Crippen MR) is 175 cm³/mol. The normalized spacial score (nSPS) is 16.9. The van der Waals surface area contributed by atoms with Gasteiger partial charge in [-0.3, -0.25) is 0 Å². The lowest BCUT2D eigenvalue weighted by Gasteiger charge is -2.32. The number of hydrogen-bond donors (Lipinski definition) is 1. The highest BCUT2D eigenvalue weighted by molar-refractivity contribution is 6.20. The molecule has 0 saturated carbocycles. The quantitative estimate of drug-likeness (QED) is 0.238. The van der Waals surface area contributed by atoms with E-state index in [-0.39, 0.29) is 36.9 Å². The number of fused-ring (bicyclic) bond motifs is 1. The van der Waals surface area contributed by atoms with Gasteiger partial charge >= 0.3 is 23.8 Å². The first-order valence-electron chi connectivity index (χ1n) is 15.6. The van der Waals surface area contributed by atoms with Crippen LogP contribution in [0.15, 0.2) is 60.2 Å². The Labute approximate surface area is 283 Å². The molecule has 0 spiro atoms. The van der Waals surface area contributed by atoms with Crippen molar-refractivity contribution in [3.05, 3.63) is 76.9 Å². The van der Waals surface area contributed by atoms with Gasteiger partial charge in [-0.15, -0.1) is 0 Å². The molecule has 13 nitrogen and oxygen atoms in total. The van der Waals surface area contributed by atoms with Crippen molar-refractivity contribution in [1.82, 2.24) is 5.32 Å². The number of nitrogens with one attached hydrogen (secondary N) is 1.